The molecule has 2 heterocycles. The molecule has 4 nitrogen and oxygen atoms in total. The Bertz CT molecular complexity index is 591. The van der Waals surface area contributed by atoms with Gasteiger partial charge >= 0.3 is 0 Å². The summed E-state index contributed by atoms with van der Waals surface area (Å²) >= 11 is 5.87. The van der Waals surface area contributed by atoms with Gasteiger partial charge < -0.3 is 9.84 Å². The number of aliphatic hydroxyl groups is 1. The molecule has 1 aromatic heterocycles. The van der Waals surface area contributed by atoms with E-state index in [1.807, 2.05) is 24.3 Å². The Morgan fingerprint density at radius 3 is 2.68 bits per heavy atom. The van der Waals surface area contributed by atoms with Crippen LogP contribution in [0.25, 0.3) is 0 Å². The quantitative estimate of drug-likeness (QED) is 0.920. The van der Waals surface area contributed by atoms with Crippen molar-refractivity contribution in [3.63, 3.8) is 0 Å². The number of hydrogen-bond acceptors (Lipinski definition) is 4. The average molecular weight is 319 g/mol. The predicted octanol–water partition coefficient (Wildman–Crippen LogP) is 2.92. The van der Waals surface area contributed by atoms with Crippen LogP contribution in [0, 0.1) is 0 Å². The molecule has 2 aromatic rings. The first-order valence-corrected chi connectivity index (χ1v) is 7.81. The maximum absolute atomic E-state index is 10.3. The highest BCUT2D eigenvalue weighted by Crippen LogP contribution is 2.22. The van der Waals surface area contributed by atoms with Crippen molar-refractivity contribution >= 4 is 11.6 Å². The van der Waals surface area contributed by atoms with E-state index < -0.39 is 6.10 Å². The summed E-state index contributed by atoms with van der Waals surface area (Å²) in [7, 11) is 0. The van der Waals surface area contributed by atoms with Gasteiger partial charge in [-0.1, -0.05) is 23.7 Å². The molecule has 0 bridgehead atoms. The van der Waals surface area contributed by atoms with E-state index in [0.717, 1.165) is 30.8 Å². The van der Waals surface area contributed by atoms with E-state index in [2.05, 4.69) is 9.88 Å². The van der Waals surface area contributed by atoms with E-state index >= 15 is 0 Å². The normalized spacial score (nSPS) is 20.0. The molecule has 1 fully saturated rings. The summed E-state index contributed by atoms with van der Waals surface area (Å²) < 4.78 is 5.93. The fourth-order valence-corrected chi connectivity index (χ4v) is 2.83. The highest BCUT2D eigenvalue weighted by molar-refractivity contribution is 6.30. The van der Waals surface area contributed by atoms with Gasteiger partial charge in [-0.25, -0.2) is 0 Å². The minimum atomic E-state index is -0.503. The highest BCUT2D eigenvalue weighted by Gasteiger charge is 2.25. The summed E-state index contributed by atoms with van der Waals surface area (Å²) in [4.78, 5) is 6.21. The third-order valence-electron chi connectivity index (χ3n) is 3.87. The molecule has 1 aromatic carbocycles. The molecule has 116 valence electrons. The van der Waals surface area contributed by atoms with Gasteiger partial charge in [0, 0.05) is 37.1 Å². The van der Waals surface area contributed by atoms with Gasteiger partial charge in [0.05, 0.1) is 6.10 Å². The maximum atomic E-state index is 10.3. The van der Waals surface area contributed by atoms with E-state index in [0.29, 0.717) is 11.6 Å². The van der Waals surface area contributed by atoms with E-state index in [4.69, 9.17) is 16.3 Å². The molecule has 0 spiro atoms. The second-order valence-corrected chi connectivity index (χ2v) is 5.97. The Balaban J connectivity index is 1.51. The molecule has 0 amide bonds. The van der Waals surface area contributed by atoms with Crippen molar-refractivity contribution in [2.24, 2.45) is 0 Å². The summed E-state index contributed by atoms with van der Waals surface area (Å²) in [6.45, 7) is 2.37. The van der Waals surface area contributed by atoms with E-state index in [1.54, 1.807) is 24.5 Å². The lowest BCUT2D eigenvalue weighted by Crippen LogP contribution is -2.29. The third-order valence-corrected chi connectivity index (χ3v) is 4.12. The molecule has 2 atom stereocenters. The topological polar surface area (TPSA) is 45.6 Å². The van der Waals surface area contributed by atoms with Crippen LogP contribution in [0.2, 0.25) is 5.02 Å². The number of benzene rings is 1. The molecule has 22 heavy (non-hydrogen) atoms. The van der Waals surface area contributed by atoms with Crippen LogP contribution in [0.15, 0.2) is 48.8 Å². The first kappa shape index (κ1) is 15.3. The summed E-state index contributed by atoms with van der Waals surface area (Å²) in [5.74, 6) is 0.847. The summed E-state index contributed by atoms with van der Waals surface area (Å²) in [6.07, 6.45) is 4.09. The van der Waals surface area contributed by atoms with Gasteiger partial charge in [-0.3, -0.25) is 9.88 Å². The molecule has 0 radical (unpaired) electrons. The third kappa shape index (κ3) is 3.97. The molecule has 1 aliphatic rings. The molecule has 1 N–H and O–H groups in total. The van der Waals surface area contributed by atoms with Crippen molar-refractivity contribution in [1.29, 1.82) is 0 Å². The van der Waals surface area contributed by atoms with Crippen molar-refractivity contribution in [3.05, 3.63) is 59.4 Å². The van der Waals surface area contributed by atoms with Crippen LogP contribution >= 0.6 is 11.6 Å². The number of nitrogens with zero attached hydrogens (tertiary/aromatic N) is 2. The zero-order valence-electron chi connectivity index (χ0n) is 12.2. The highest BCUT2D eigenvalue weighted by atomic mass is 35.5. The first-order chi connectivity index (χ1) is 10.7. The number of rotatable bonds is 5. The summed E-state index contributed by atoms with van der Waals surface area (Å²) in [5, 5.41) is 11.0. The number of ether oxygens (including phenoxy) is 1. The number of likely N-dealkylation sites (tertiary alicyclic amines) is 1. The van der Waals surface area contributed by atoms with Crippen LogP contribution in [-0.4, -0.2) is 40.7 Å². The summed E-state index contributed by atoms with van der Waals surface area (Å²) in [6, 6.07) is 11.1. The Morgan fingerprint density at radius 1 is 1.23 bits per heavy atom. The summed E-state index contributed by atoms with van der Waals surface area (Å²) in [5.41, 5.74) is 0.892. The van der Waals surface area contributed by atoms with Crippen LogP contribution in [0.3, 0.4) is 0 Å². The van der Waals surface area contributed by atoms with Gasteiger partial charge in [-0.15, -0.1) is 0 Å². The van der Waals surface area contributed by atoms with Gasteiger partial charge in [-0.2, -0.15) is 0 Å². The molecule has 0 saturated carbocycles. The Hall–Kier alpha value is -1.62. The lowest BCUT2D eigenvalue weighted by molar-refractivity contribution is 0.117. The molecular weight excluding hydrogens is 300 g/mol. The Kier molecular flexibility index (Phi) is 4.93. The van der Waals surface area contributed by atoms with Crippen molar-refractivity contribution in [1.82, 2.24) is 9.88 Å². The van der Waals surface area contributed by atoms with Crippen LogP contribution in [0.4, 0.5) is 0 Å². The zero-order valence-corrected chi connectivity index (χ0v) is 13.0. The van der Waals surface area contributed by atoms with Gasteiger partial charge in [-0.05, 0) is 36.2 Å². The van der Waals surface area contributed by atoms with Gasteiger partial charge in [0.2, 0.25) is 0 Å². The number of hydrogen-bond donors (Lipinski definition) is 1. The van der Waals surface area contributed by atoms with Crippen molar-refractivity contribution in [2.45, 2.75) is 18.6 Å². The minimum Gasteiger partial charge on any atom is -0.489 e. The number of aliphatic hydroxyl groups excluding tert-OH is 1. The first-order valence-electron chi connectivity index (χ1n) is 7.43. The van der Waals surface area contributed by atoms with Gasteiger partial charge in [0.1, 0.15) is 11.9 Å². The second-order valence-electron chi connectivity index (χ2n) is 5.54. The van der Waals surface area contributed by atoms with E-state index in [-0.39, 0.29) is 6.10 Å². The fourth-order valence-electron chi connectivity index (χ4n) is 2.70. The van der Waals surface area contributed by atoms with E-state index in [9.17, 15) is 5.11 Å². The minimum absolute atomic E-state index is 0.166. The van der Waals surface area contributed by atoms with Crippen LogP contribution in [0.1, 0.15) is 18.1 Å². The molecule has 0 aliphatic carbocycles. The SMILES string of the molecule is OC(CN1CCC(Oc2ccncc2)C1)c1ccc(Cl)cc1. The average Bonchev–Trinajstić information content (AvgIpc) is 2.96. The molecule has 1 aliphatic heterocycles. The van der Waals surface area contributed by atoms with E-state index in [1.165, 1.54) is 0 Å². The second kappa shape index (κ2) is 7.09. The van der Waals surface area contributed by atoms with Gasteiger partial charge in [0.15, 0.2) is 0 Å². The molecule has 2 unspecified atom stereocenters. The van der Waals surface area contributed by atoms with Crippen LogP contribution in [-0.2, 0) is 0 Å². The Morgan fingerprint density at radius 2 is 1.95 bits per heavy atom. The van der Waals surface area contributed by atoms with Gasteiger partial charge in [0.25, 0.3) is 0 Å². The number of pyridine rings is 1. The van der Waals surface area contributed by atoms with Crippen LogP contribution < -0.4 is 4.74 Å². The monoisotopic (exact) mass is 318 g/mol. The number of β-amino-alcohol motifs (C(OH)–C–C–N with tert-alkyl or cyclic N) is 1. The molecule has 3 rings (SSSR count). The zero-order chi connectivity index (χ0) is 15.4. The smallest absolute Gasteiger partial charge is 0.122 e. The number of halogens is 1. The molecular formula is C17H19ClN2O2. The maximum Gasteiger partial charge on any atom is 0.122 e. The van der Waals surface area contributed by atoms with Crippen LogP contribution in [0.5, 0.6) is 5.75 Å². The largest absolute Gasteiger partial charge is 0.489 e. The van der Waals surface area contributed by atoms with Crippen molar-refractivity contribution in [2.75, 3.05) is 19.6 Å². The fraction of sp³-hybridized carbons (Fsp3) is 0.353. The molecule has 1 saturated heterocycles. The van der Waals surface area contributed by atoms with Crippen molar-refractivity contribution < 1.29 is 9.84 Å². The Labute approximate surface area is 135 Å². The lowest BCUT2D eigenvalue weighted by atomic mass is 10.1. The standard InChI is InChI=1S/C17H19ClN2O2/c18-14-3-1-13(2-4-14)17(21)12-20-10-7-16(11-20)22-15-5-8-19-9-6-15/h1-6,8-9,16-17,21H,7,10-12H2. The van der Waals surface area contributed by atoms with Crippen molar-refractivity contribution in [3.8, 4) is 5.75 Å². The molecule has 5 heteroatoms. The lowest BCUT2D eigenvalue weighted by Gasteiger charge is -2.20. The predicted molar refractivity (Wildman–Crippen MR) is 86.1 cm³/mol. The number of aromatic nitrogens is 1.